The second-order valence-electron chi connectivity index (χ2n) is 4.72. The SMILES string of the molecule is CC(=O)c1cccc(NC(=O)CC(C)n2cccn2)c1. The van der Waals surface area contributed by atoms with Crippen LogP contribution in [0.1, 0.15) is 36.7 Å². The maximum absolute atomic E-state index is 12.0. The Morgan fingerprint density at radius 3 is 2.80 bits per heavy atom. The average molecular weight is 271 g/mol. The van der Waals surface area contributed by atoms with Gasteiger partial charge in [-0.1, -0.05) is 12.1 Å². The van der Waals surface area contributed by atoms with E-state index in [-0.39, 0.29) is 17.7 Å². The Kier molecular flexibility index (Phi) is 4.30. The molecule has 0 saturated heterocycles. The van der Waals surface area contributed by atoms with Crippen LogP contribution in [-0.2, 0) is 4.79 Å². The predicted octanol–water partition coefficient (Wildman–Crippen LogP) is 2.68. The third-order valence-corrected chi connectivity index (χ3v) is 3.01. The van der Waals surface area contributed by atoms with Gasteiger partial charge in [0.25, 0.3) is 0 Å². The highest BCUT2D eigenvalue weighted by atomic mass is 16.1. The van der Waals surface area contributed by atoms with E-state index in [0.29, 0.717) is 17.7 Å². The zero-order valence-corrected chi connectivity index (χ0v) is 11.5. The summed E-state index contributed by atoms with van der Waals surface area (Å²) in [4.78, 5) is 23.3. The van der Waals surface area contributed by atoms with Crippen LogP contribution in [0.3, 0.4) is 0 Å². The quantitative estimate of drug-likeness (QED) is 0.850. The number of hydrogen-bond donors (Lipinski definition) is 1. The zero-order valence-electron chi connectivity index (χ0n) is 11.5. The summed E-state index contributed by atoms with van der Waals surface area (Å²) in [5.74, 6) is -0.125. The molecule has 1 amide bonds. The van der Waals surface area contributed by atoms with Gasteiger partial charge in [0, 0.05) is 30.1 Å². The Morgan fingerprint density at radius 1 is 1.35 bits per heavy atom. The van der Waals surface area contributed by atoms with Crippen molar-refractivity contribution in [1.82, 2.24) is 9.78 Å². The molecule has 1 atom stereocenters. The number of hydrogen-bond acceptors (Lipinski definition) is 3. The van der Waals surface area contributed by atoms with Crippen LogP contribution in [0.25, 0.3) is 0 Å². The molecule has 0 radical (unpaired) electrons. The predicted molar refractivity (Wildman–Crippen MR) is 76.6 cm³/mol. The first-order valence-electron chi connectivity index (χ1n) is 6.46. The summed E-state index contributed by atoms with van der Waals surface area (Å²) in [6.45, 7) is 3.43. The Bertz CT molecular complexity index is 605. The first-order chi connectivity index (χ1) is 9.56. The van der Waals surface area contributed by atoms with E-state index in [4.69, 9.17) is 0 Å². The molecule has 0 spiro atoms. The molecular formula is C15H17N3O2. The van der Waals surface area contributed by atoms with Crippen molar-refractivity contribution in [2.75, 3.05) is 5.32 Å². The van der Waals surface area contributed by atoms with Crippen LogP contribution in [0.4, 0.5) is 5.69 Å². The maximum atomic E-state index is 12.0. The van der Waals surface area contributed by atoms with Crippen LogP contribution in [0.2, 0.25) is 0 Å². The smallest absolute Gasteiger partial charge is 0.226 e. The van der Waals surface area contributed by atoms with Gasteiger partial charge in [-0.25, -0.2) is 0 Å². The third kappa shape index (κ3) is 3.54. The summed E-state index contributed by atoms with van der Waals surface area (Å²) < 4.78 is 1.74. The van der Waals surface area contributed by atoms with Crippen LogP contribution < -0.4 is 5.32 Å². The van der Waals surface area contributed by atoms with Crippen LogP contribution >= 0.6 is 0 Å². The third-order valence-electron chi connectivity index (χ3n) is 3.01. The minimum atomic E-state index is -0.103. The highest BCUT2D eigenvalue weighted by Crippen LogP contribution is 2.14. The second-order valence-corrected chi connectivity index (χ2v) is 4.72. The lowest BCUT2D eigenvalue weighted by molar-refractivity contribution is -0.116. The molecule has 20 heavy (non-hydrogen) atoms. The van der Waals surface area contributed by atoms with E-state index < -0.39 is 0 Å². The molecule has 1 aromatic heterocycles. The van der Waals surface area contributed by atoms with Gasteiger partial charge in [-0.15, -0.1) is 0 Å². The normalized spacial score (nSPS) is 11.9. The molecule has 1 N–H and O–H groups in total. The standard InChI is InChI=1S/C15H17N3O2/c1-11(18-8-4-7-16-18)9-15(20)17-14-6-3-5-13(10-14)12(2)19/h3-8,10-11H,9H2,1-2H3,(H,17,20). The number of carbonyl (C=O) groups is 2. The van der Waals surface area contributed by atoms with Gasteiger partial charge in [-0.2, -0.15) is 5.10 Å². The summed E-state index contributed by atoms with van der Waals surface area (Å²) in [6, 6.07) is 8.74. The Labute approximate surface area is 117 Å². The number of carbonyl (C=O) groups excluding carboxylic acids is 2. The van der Waals surface area contributed by atoms with Crippen LogP contribution in [0.5, 0.6) is 0 Å². The molecule has 0 aliphatic rings. The lowest BCUT2D eigenvalue weighted by Gasteiger charge is -2.12. The molecule has 104 valence electrons. The topological polar surface area (TPSA) is 64.0 Å². The van der Waals surface area contributed by atoms with E-state index in [1.54, 1.807) is 35.1 Å². The van der Waals surface area contributed by atoms with Gasteiger partial charge in [0.15, 0.2) is 5.78 Å². The number of nitrogens with one attached hydrogen (secondary N) is 1. The van der Waals surface area contributed by atoms with Crippen molar-refractivity contribution < 1.29 is 9.59 Å². The first-order valence-corrected chi connectivity index (χ1v) is 6.46. The molecule has 0 bridgehead atoms. The van der Waals surface area contributed by atoms with E-state index in [1.165, 1.54) is 6.92 Å². The van der Waals surface area contributed by atoms with Gasteiger partial charge in [0.1, 0.15) is 0 Å². The Morgan fingerprint density at radius 2 is 2.15 bits per heavy atom. The van der Waals surface area contributed by atoms with Crippen LogP contribution in [0, 0.1) is 0 Å². The molecule has 1 heterocycles. The number of aromatic nitrogens is 2. The van der Waals surface area contributed by atoms with Crippen LogP contribution in [0.15, 0.2) is 42.7 Å². The largest absolute Gasteiger partial charge is 0.326 e. The minimum absolute atomic E-state index is 0.0130. The molecule has 1 unspecified atom stereocenters. The van der Waals surface area contributed by atoms with Crippen molar-refractivity contribution in [1.29, 1.82) is 0 Å². The van der Waals surface area contributed by atoms with Crippen molar-refractivity contribution in [3.05, 3.63) is 48.3 Å². The average Bonchev–Trinajstić information content (AvgIpc) is 2.92. The number of ketones is 1. The number of Topliss-reactive ketones (excluding diaryl/α,β-unsaturated/α-hetero) is 1. The van der Waals surface area contributed by atoms with Gasteiger partial charge in [0.05, 0.1) is 6.04 Å². The van der Waals surface area contributed by atoms with Crippen molar-refractivity contribution in [3.8, 4) is 0 Å². The lowest BCUT2D eigenvalue weighted by Crippen LogP contribution is -2.18. The number of rotatable bonds is 5. The van der Waals surface area contributed by atoms with Gasteiger partial charge >= 0.3 is 0 Å². The fourth-order valence-corrected chi connectivity index (χ4v) is 1.93. The van der Waals surface area contributed by atoms with Gasteiger partial charge in [-0.3, -0.25) is 14.3 Å². The first kappa shape index (κ1) is 14.0. The molecular weight excluding hydrogens is 254 g/mol. The summed E-state index contributed by atoms with van der Waals surface area (Å²) >= 11 is 0. The van der Waals surface area contributed by atoms with Crippen molar-refractivity contribution in [2.24, 2.45) is 0 Å². The Hall–Kier alpha value is -2.43. The molecule has 2 rings (SSSR count). The van der Waals surface area contributed by atoms with Gasteiger partial charge < -0.3 is 5.32 Å². The van der Waals surface area contributed by atoms with E-state index in [2.05, 4.69) is 10.4 Å². The maximum Gasteiger partial charge on any atom is 0.226 e. The fraction of sp³-hybridized carbons (Fsp3) is 0.267. The summed E-state index contributed by atoms with van der Waals surface area (Å²) in [5, 5.41) is 6.90. The van der Waals surface area contributed by atoms with E-state index in [9.17, 15) is 9.59 Å². The molecule has 1 aromatic carbocycles. The van der Waals surface area contributed by atoms with Crippen molar-refractivity contribution in [2.45, 2.75) is 26.3 Å². The minimum Gasteiger partial charge on any atom is -0.326 e. The number of anilines is 1. The van der Waals surface area contributed by atoms with Crippen LogP contribution in [-0.4, -0.2) is 21.5 Å². The second kappa shape index (κ2) is 6.14. The number of nitrogens with zero attached hydrogens (tertiary/aromatic N) is 2. The monoisotopic (exact) mass is 271 g/mol. The molecule has 0 aliphatic carbocycles. The fourth-order valence-electron chi connectivity index (χ4n) is 1.93. The molecule has 5 nitrogen and oxygen atoms in total. The highest BCUT2D eigenvalue weighted by Gasteiger charge is 2.11. The van der Waals surface area contributed by atoms with Gasteiger partial charge in [0.2, 0.25) is 5.91 Å². The summed E-state index contributed by atoms with van der Waals surface area (Å²) in [6.07, 6.45) is 3.84. The molecule has 0 saturated carbocycles. The number of amides is 1. The highest BCUT2D eigenvalue weighted by molar-refractivity contribution is 5.97. The van der Waals surface area contributed by atoms with E-state index >= 15 is 0 Å². The summed E-state index contributed by atoms with van der Waals surface area (Å²) in [7, 11) is 0. The molecule has 0 aliphatic heterocycles. The Balaban J connectivity index is 1.98. The zero-order chi connectivity index (χ0) is 14.5. The van der Waals surface area contributed by atoms with Gasteiger partial charge in [-0.05, 0) is 32.0 Å². The van der Waals surface area contributed by atoms with E-state index in [0.717, 1.165) is 0 Å². The molecule has 5 heteroatoms. The number of benzene rings is 1. The van der Waals surface area contributed by atoms with E-state index in [1.807, 2.05) is 19.2 Å². The van der Waals surface area contributed by atoms with Crippen molar-refractivity contribution in [3.63, 3.8) is 0 Å². The molecule has 2 aromatic rings. The molecule has 0 fully saturated rings. The van der Waals surface area contributed by atoms with Crippen molar-refractivity contribution >= 4 is 17.4 Å². The lowest BCUT2D eigenvalue weighted by atomic mass is 10.1. The summed E-state index contributed by atoms with van der Waals surface area (Å²) in [5.41, 5.74) is 1.22.